The number of likely N-dealkylation sites (tertiary alicyclic amines) is 1. The molecule has 1 saturated heterocycles. The van der Waals surface area contributed by atoms with Crippen LogP contribution < -0.4 is 5.73 Å². The van der Waals surface area contributed by atoms with Gasteiger partial charge in [0.15, 0.2) is 0 Å². The molecule has 2 aliphatic rings. The maximum Gasteiger partial charge on any atom is 0.218 e. The molecule has 1 aliphatic carbocycles. The summed E-state index contributed by atoms with van der Waals surface area (Å²) >= 11 is 0. The van der Waals surface area contributed by atoms with Crippen LogP contribution in [0.15, 0.2) is 0 Å². The normalized spacial score (nSPS) is 25.7. The molecule has 0 aromatic rings. The van der Waals surface area contributed by atoms with Crippen molar-refractivity contribution in [3.8, 4) is 0 Å². The fourth-order valence-corrected chi connectivity index (χ4v) is 3.46. The van der Waals surface area contributed by atoms with Crippen molar-refractivity contribution in [2.45, 2.75) is 76.7 Å². The summed E-state index contributed by atoms with van der Waals surface area (Å²) < 4.78 is 0. The van der Waals surface area contributed by atoms with Gasteiger partial charge in [-0.3, -0.25) is 9.69 Å². The van der Waals surface area contributed by atoms with Gasteiger partial charge >= 0.3 is 0 Å². The Bertz CT molecular complexity index is 260. The highest BCUT2D eigenvalue weighted by molar-refractivity contribution is 5.74. The van der Waals surface area contributed by atoms with Crippen LogP contribution in [0.4, 0.5) is 0 Å². The second-order valence-corrected chi connectivity index (χ2v) is 5.85. The smallest absolute Gasteiger partial charge is 0.218 e. The minimum absolute atomic E-state index is 0. The molecule has 1 saturated carbocycles. The second-order valence-electron chi connectivity index (χ2n) is 5.85. The maximum atomic E-state index is 11.2. The number of rotatable bonds is 3. The minimum Gasteiger partial charge on any atom is -0.370 e. The van der Waals surface area contributed by atoms with Crippen molar-refractivity contribution in [2.75, 3.05) is 6.54 Å². The van der Waals surface area contributed by atoms with E-state index in [-0.39, 0.29) is 20.8 Å². The molecule has 3 nitrogen and oxygen atoms in total. The van der Waals surface area contributed by atoms with Crippen molar-refractivity contribution in [2.24, 2.45) is 5.73 Å². The van der Waals surface area contributed by atoms with E-state index in [4.69, 9.17) is 5.73 Å². The van der Waals surface area contributed by atoms with Gasteiger partial charge in [0.05, 0.1) is 0 Å². The lowest BCUT2D eigenvalue weighted by atomic mass is 9.90. The van der Waals surface area contributed by atoms with Crippen molar-refractivity contribution in [1.29, 1.82) is 0 Å². The zero-order valence-corrected chi connectivity index (χ0v) is 12.9. The molecular formula is C17H31N2O. The molecule has 0 aromatic carbocycles. The number of piperidine rings is 1. The van der Waals surface area contributed by atoms with Gasteiger partial charge in [-0.15, -0.1) is 0 Å². The molecule has 1 aliphatic heterocycles. The highest BCUT2D eigenvalue weighted by Crippen LogP contribution is 2.33. The monoisotopic (exact) mass is 279 g/mol. The van der Waals surface area contributed by atoms with Crippen LogP contribution in [0.1, 0.15) is 70.6 Å². The molecule has 3 heteroatoms. The minimum atomic E-state index is -0.140. The first-order chi connectivity index (χ1) is 8.77. The van der Waals surface area contributed by atoms with Crippen LogP contribution in [0.3, 0.4) is 0 Å². The first kappa shape index (κ1) is 19.4. The lowest BCUT2D eigenvalue weighted by Gasteiger charge is -2.41. The Morgan fingerprint density at radius 1 is 1.00 bits per heavy atom. The largest absolute Gasteiger partial charge is 0.370 e. The second kappa shape index (κ2) is 10.2. The van der Waals surface area contributed by atoms with E-state index < -0.39 is 0 Å². The van der Waals surface area contributed by atoms with Crippen LogP contribution in [0.25, 0.3) is 0 Å². The van der Waals surface area contributed by atoms with Gasteiger partial charge in [-0.25, -0.2) is 0 Å². The summed E-state index contributed by atoms with van der Waals surface area (Å²) in [6.45, 7) is 1.15. The first-order valence-electron chi connectivity index (χ1n) is 7.67. The van der Waals surface area contributed by atoms with Crippen LogP contribution in [0.2, 0.25) is 0 Å². The van der Waals surface area contributed by atoms with E-state index in [0.29, 0.717) is 12.5 Å². The standard InChI is InChI=1S/C15H27N2O.2CH2/c16-15(18)12-14-10-6-7-11-17(14)13-8-4-2-1-3-5-9-13;;/h14H,1-12H2,(H2,16,18);2*1H2. The van der Waals surface area contributed by atoms with Gasteiger partial charge in [-0.1, -0.05) is 53.4 Å². The average Bonchev–Trinajstić information content (AvgIpc) is 2.29. The third-order valence-electron chi connectivity index (χ3n) is 4.40. The van der Waals surface area contributed by atoms with E-state index in [0.717, 1.165) is 13.0 Å². The molecule has 0 aromatic heterocycles. The Morgan fingerprint density at radius 2 is 1.60 bits per heavy atom. The molecule has 5 radical (unpaired) electrons. The van der Waals surface area contributed by atoms with E-state index in [1.165, 1.54) is 57.8 Å². The molecule has 1 unspecified atom stereocenters. The molecule has 1 amide bonds. The lowest BCUT2D eigenvalue weighted by molar-refractivity contribution is -0.119. The topological polar surface area (TPSA) is 46.3 Å². The summed E-state index contributed by atoms with van der Waals surface area (Å²) in [5.74, 6) is -0.140. The molecule has 1 heterocycles. The highest BCUT2D eigenvalue weighted by atomic mass is 16.1. The molecule has 0 bridgehead atoms. The first-order valence-corrected chi connectivity index (χ1v) is 7.67. The van der Waals surface area contributed by atoms with Crippen LogP contribution >= 0.6 is 0 Å². The third kappa shape index (κ3) is 5.82. The number of hydrogen-bond donors (Lipinski definition) is 1. The Balaban J connectivity index is 0.00000180. The molecule has 2 rings (SSSR count). The lowest BCUT2D eigenvalue weighted by Crippen LogP contribution is -2.44. The van der Waals surface area contributed by atoms with Crippen molar-refractivity contribution < 1.29 is 4.79 Å². The summed E-state index contributed by atoms with van der Waals surface area (Å²) in [6.07, 6.45) is 13.5. The van der Waals surface area contributed by atoms with E-state index in [9.17, 15) is 4.79 Å². The van der Waals surface area contributed by atoms with Gasteiger partial charge in [0.2, 0.25) is 5.91 Å². The number of carbonyl (C=O) groups excluding carboxylic acids is 1. The van der Waals surface area contributed by atoms with Gasteiger partial charge < -0.3 is 5.73 Å². The Hall–Kier alpha value is -0.570. The fourth-order valence-electron chi connectivity index (χ4n) is 3.46. The Morgan fingerprint density at radius 3 is 2.20 bits per heavy atom. The van der Waals surface area contributed by atoms with Gasteiger partial charge in [-0.05, 0) is 32.2 Å². The van der Waals surface area contributed by atoms with Crippen LogP contribution in [0.5, 0.6) is 0 Å². The van der Waals surface area contributed by atoms with Gasteiger partial charge in [0.25, 0.3) is 0 Å². The Labute approximate surface area is 126 Å². The number of primary amides is 1. The van der Waals surface area contributed by atoms with Gasteiger partial charge in [0.1, 0.15) is 0 Å². The molecule has 2 N–H and O–H groups in total. The predicted octanol–water partition coefficient (Wildman–Crippen LogP) is 3.65. The molecule has 0 spiro atoms. The number of carbonyl (C=O) groups is 1. The van der Waals surface area contributed by atoms with E-state index in [1.54, 1.807) is 6.04 Å². The maximum absolute atomic E-state index is 11.2. The third-order valence-corrected chi connectivity index (χ3v) is 4.40. The van der Waals surface area contributed by atoms with Crippen molar-refractivity contribution in [3.63, 3.8) is 0 Å². The SMILES string of the molecule is NC(=O)CC1CCCCN1[C]1CCCCCCC1.[CH2].[CH2]. The molecule has 1 atom stereocenters. The van der Waals surface area contributed by atoms with Crippen molar-refractivity contribution in [1.82, 2.24) is 4.90 Å². The van der Waals surface area contributed by atoms with Gasteiger partial charge in [0, 0.05) is 18.5 Å². The fraction of sp³-hybridized carbons (Fsp3) is 0.765. The van der Waals surface area contributed by atoms with Crippen molar-refractivity contribution >= 4 is 5.91 Å². The summed E-state index contributed by atoms with van der Waals surface area (Å²) in [7, 11) is 0. The number of nitrogens with two attached hydrogens (primary N) is 1. The summed E-state index contributed by atoms with van der Waals surface area (Å²) in [6, 6.07) is 2.01. The highest BCUT2D eigenvalue weighted by Gasteiger charge is 2.30. The van der Waals surface area contributed by atoms with Crippen molar-refractivity contribution in [3.05, 3.63) is 20.9 Å². The number of hydrogen-bond acceptors (Lipinski definition) is 2. The summed E-state index contributed by atoms with van der Waals surface area (Å²) in [4.78, 5) is 13.7. The number of amides is 1. The average molecular weight is 279 g/mol. The van der Waals surface area contributed by atoms with Gasteiger partial charge in [-0.2, -0.15) is 0 Å². The molecule has 115 valence electrons. The molecular weight excluding hydrogens is 248 g/mol. The molecule has 20 heavy (non-hydrogen) atoms. The van der Waals surface area contributed by atoms with E-state index in [1.807, 2.05) is 0 Å². The van der Waals surface area contributed by atoms with Crippen LogP contribution in [-0.2, 0) is 4.79 Å². The number of nitrogens with zero attached hydrogens (tertiary/aromatic N) is 1. The van der Waals surface area contributed by atoms with E-state index in [2.05, 4.69) is 4.90 Å². The Kier molecular flexibility index (Phi) is 9.91. The molecule has 2 fully saturated rings. The summed E-state index contributed by atoms with van der Waals surface area (Å²) in [5.41, 5.74) is 5.40. The zero-order chi connectivity index (χ0) is 12.8. The van der Waals surface area contributed by atoms with Crippen LogP contribution in [-0.4, -0.2) is 23.4 Å². The summed E-state index contributed by atoms with van der Waals surface area (Å²) in [5, 5.41) is 0. The van der Waals surface area contributed by atoms with E-state index >= 15 is 0 Å². The zero-order valence-electron chi connectivity index (χ0n) is 12.9. The predicted molar refractivity (Wildman–Crippen MR) is 84.4 cm³/mol. The van der Waals surface area contributed by atoms with Crippen LogP contribution in [0, 0.1) is 20.9 Å². The quantitative estimate of drug-likeness (QED) is 0.857.